The predicted molar refractivity (Wildman–Crippen MR) is 138 cm³/mol. The highest BCUT2D eigenvalue weighted by molar-refractivity contribution is 7.18. The fourth-order valence-corrected chi connectivity index (χ4v) is 5.42. The summed E-state index contributed by atoms with van der Waals surface area (Å²) in [5.74, 6) is 2.80. The van der Waals surface area contributed by atoms with Gasteiger partial charge >= 0.3 is 0 Å². The lowest BCUT2D eigenvalue weighted by atomic mass is 9.98. The van der Waals surface area contributed by atoms with E-state index < -0.39 is 0 Å². The molecule has 5 rings (SSSR count). The van der Waals surface area contributed by atoms with Crippen molar-refractivity contribution in [3.8, 4) is 0 Å². The van der Waals surface area contributed by atoms with Crippen LogP contribution in [-0.4, -0.2) is 39.2 Å². The third kappa shape index (κ3) is 4.78. The Morgan fingerprint density at radius 2 is 2.00 bits per heavy atom. The Morgan fingerprint density at radius 3 is 2.79 bits per heavy atom. The summed E-state index contributed by atoms with van der Waals surface area (Å²) in [6.45, 7) is 9.60. The van der Waals surface area contributed by atoms with Crippen molar-refractivity contribution in [2.24, 2.45) is 5.92 Å². The second-order valence-corrected chi connectivity index (χ2v) is 10.6. The van der Waals surface area contributed by atoms with Gasteiger partial charge in [0.2, 0.25) is 0 Å². The largest absolute Gasteiger partial charge is 0.370 e. The normalized spacial score (nSPS) is 16.0. The van der Waals surface area contributed by atoms with Crippen LogP contribution in [0.25, 0.3) is 15.9 Å². The molecule has 0 aliphatic carbocycles. The maximum atomic E-state index is 6.15. The maximum absolute atomic E-state index is 6.15. The average Bonchev–Trinajstić information content (AvgIpc) is 3.42. The molecule has 174 valence electrons. The van der Waals surface area contributed by atoms with Crippen LogP contribution in [0.4, 0.5) is 11.6 Å². The van der Waals surface area contributed by atoms with E-state index in [0.717, 1.165) is 57.7 Å². The molecule has 33 heavy (non-hydrogen) atoms. The first kappa shape index (κ1) is 22.4. The molecule has 3 N–H and O–H groups in total. The molecule has 4 aromatic rings. The summed E-state index contributed by atoms with van der Waals surface area (Å²) in [5.41, 5.74) is 2.97. The smallest absolute Gasteiger partial charge is 0.163 e. The number of thiazole rings is 1. The zero-order valence-electron chi connectivity index (χ0n) is 19.2. The highest BCUT2D eigenvalue weighted by atomic mass is 35.5. The van der Waals surface area contributed by atoms with Gasteiger partial charge in [-0.05, 0) is 62.9 Å². The Bertz CT molecular complexity index is 1260. The van der Waals surface area contributed by atoms with Crippen molar-refractivity contribution < 1.29 is 0 Å². The lowest BCUT2D eigenvalue weighted by Crippen LogP contribution is -2.31. The molecule has 1 aliphatic heterocycles. The lowest BCUT2D eigenvalue weighted by Gasteiger charge is -2.23. The third-order valence-corrected chi connectivity index (χ3v) is 7.71. The van der Waals surface area contributed by atoms with E-state index in [1.165, 1.54) is 12.8 Å². The third-order valence-electron chi connectivity index (χ3n) is 6.25. The van der Waals surface area contributed by atoms with Gasteiger partial charge in [0.1, 0.15) is 16.6 Å². The Balaban J connectivity index is 1.44. The Hall–Kier alpha value is -2.42. The summed E-state index contributed by atoms with van der Waals surface area (Å²) >= 11 is 7.84. The second-order valence-electron chi connectivity index (χ2n) is 9.12. The molecule has 0 radical (unpaired) electrons. The van der Waals surface area contributed by atoms with Crippen LogP contribution in [0.1, 0.15) is 56.1 Å². The van der Waals surface area contributed by atoms with Crippen LogP contribution < -0.4 is 16.0 Å². The summed E-state index contributed by atoms with van der Waals surface area (Å²) in [6, 6.07) is 7.93. The highest BCUT2D eigenvalue weighted by Crippen LogP contribution is 2.31. The summed E-state index contributed by atoms with van der Waals surface area (Å²) < 4.78 is 3.04. The van der Waals surface area contributed by atoms with Crippen LogP contribution in [-0.2, 0) is 0 Å². The van der Waals surface area contributed by atoms with Gasteiger partial charge in [0.05, 0.1) is 22.5 Å². The molecule has 1 aliphatic rings. The predicted octanol–water partition coefficient (Wildman–Crippen LogP) is 5.70. The molecule has 1 aromatic carbocycles. The van der Waals surface area contributed by atoms with Crippen molar-refractivity contribution in [2.45, 2.75) is 45.6 Å². The minimum atomic E-state index is 0.00995. The number of nitrogens with zero attached hydrogens (tertiary/aromatic N) is 4. The molecule has 3 aromatic heterocycles. The van der Waals surface area contributed by atoms with E-state index in [1.807, 2.05) is 28.9 Å². The van der Waals surface area contributed by atoms with E-state index in [4.69, 9.17) is 21.6 Å². The van der Waals surface area contributed by atoms with Crippen molar-refractivity contribution in [3.05, 3.63) is 46.1 Å². The quantitative estimate of drug-likeness (QED) is 0.313. The van der Waals surface area contributed by atoms with Gasteiger partial charge in [-0.3, -0.25) is 0 Å². The molecule has 9 heteroatoms. The van der Waals surface area contributed by atoms with Crippen LogP contribution >= 0.6 is 22.9 Å². The van der Waals surface area contributed by atoms with Gasteiger partial charge in [-0.15, -0.1) is 11.3 Å². The molecule has 1 atom stereocenters. The van der Waals surface area contributed by atoms with Gasteiger partial charge in [0, 0.05) is 23.2 Å². The number of piperidine rings is 1. The van der Waals surface area contributed by atoms with Gasteiger partial charge in [0.15, 0.2) is 5.65 Å². The van der Waals surface area contributed by atoms with Gasteiger partial charge in [-0.1, -0.05) is 25.4 Å². The number of hydrogen-bond donors (Lipinski definition) is 3. The van der Waals surface area contributed by atoms with Gasteiger partial charge in [0.25, 0.3) is 0 Å². The monoisotopic (exact) mass is 483 g/mol. The number of aromatic nitrogens is 4. The molecule has 4 heterocycles. The number of rotatable bonds is 7. The molecule has 1 saturated heterocycles. The Labute approximate surface area is 203 Å². The first-order valence-corrected chi connectivity index (χ1v) is 12.8. The van der Waals surface area contributed by atoms with Gasteiger partial charge in [-0.2, -0.15) is 9.61 Å². The van der Waals surface area contributed by atoms with Crippen molar-refractivity contribution in [1.82, 2.24) is 24.9 Å². The fourth-order valence-electron chi connectivity index (χ4n) is 4.30. The van der Waals surface area contributed by atoms with Crippen molar-refractivity contribution in [1.29, 1.82) is 0 Å². The fraction of sp³-hybridized carbons (Fsp3) is 0.458. The topological polar surface area (TPSA) is 79.2 Å². The second kappa shape index (κ2) is 9.44. The molecular weight excluding hydrogens is 454 g/mol. The van der Waals surface area contributed by atoms with Crippen molar-refractivity contribution >= 4 is 50.4 Å². The highest BCUT2D eigenvalue weighted by Gasteiger charge is 2.19. The van der Waals surface area contributed by atoms with Crippen LogP contribution in [0.2, 0.25) is 5.02 Å². The van der Waals surface area contributed by atoms with E-state index in [2.05, 4.69) is 47.9 Å². The molecule has 7 nitrogen and oxygen atoms in total. The van der Waals surface area contributed by atoms with Gasteiger partial charge < -0.3 is 16.0 Å². The van der Waals surface area contributed by atoms with Gasteiger partial charge in [-0.25, -0.2) is 9.97 Å². The van der Waals surface area contributed by atoms with E-state index >= 15 is 0 Å². The Morgan fingerprint density at radius 1 is 1.18 bits per heavy atom. The van der Waals surface area contributed by atoms with Crippen molar-refractivity contribution in [3.63, 3.8) is 0 Å². The maximum Gasteiger partial charge on any atom is 0.163 e. The molecule has 0 amide bonds. The minimum Gasteiger partial charge on any atom is -0.370 e. The Kier molecular flexibility index (Phi) is 6.40. The molecule has 1 fully saturated rings. The first-order valence-electron chi connectivity index (χ1n) is 11.6. The molecule has 0 bridgehead atoms. The lowest BCUT2D eigenvalue weighted by molar-refractivity contribution is 0.389. The van der Waals surface area contributed by atoms with Crippen molar-refractivity contribution in [2.75, 3.05) is 30.3 Å². The number of anilines is 2. The number of fused-ring (bicyclic) bond motifs is 2. The molecular formula is C24H30ClN7S. The number of hydrogen-bond acceptors (Lipinski definition) is 7. The number of nitrogens with one attached hydrogen (secondary N) is 3. The van der Waals surface area contributed by atoms with Crippen LogP contribution in [0.3, 0.4) is 0 Å². The zero-order valence-corrected chi connectivity index (χ0v) is 20.8. The average molecular weight is 484 g/mol. The van der Waals surface area contributed by atoms with Crippen LogP contribution in [0, 0.1) is 5.92 Å². The molecule has 0 unspecified atom stereocenters. The minimum absolute atomic E-state index is 0.00995. The summed E-state index contributed by atoms with van der Waals surface area (Å²) in [6.07, 6.45) is 4.32. The van der Waals surface area contributed by atoms with Crippen LogP contribution in [0.5, 0.6) is 0 Å². The van der Waals surface area contributed by atoms with E-state index in [0.29, 0.717) is 16.9 Å². The van der Waals surface area contributed by atoms with E-state index in [-0.39, 0.29) is 6.04 Å². The summed E-state index contributed by atoms with van der Waals surface area (Å²) in [7, 11) is 0. The summed E-state index contributed by atoms with van der Waals surface area (Å²) in [5, 5.41) is 17.0. The SMILES string of the molecule is CC(C)c1cnn2c(N[C@@H](C)c3nc4cc(Cl)ccc4s3)cc(NCC3CCNCC3)nc12. The number of halogens is 1. The zero-order chi connectivity index (χ0) is 22.9. The van der Waals surface area contributed by atoms with E-state index in [1.54, 1.807) is 11.3 Å². The standard InChI is InChI=1S/C24H30ClN7S/c1-14(2)18-13-28-32-22(11-21(31-23(18)32)27-12-16-6-8-26-9-7-16)29-15(3)24-30-19-10-17(25)4-5-20(19)33-24/h4-5,10-11,13-16,26,29H,6-9,12H2,1-3H3,(H,27,31)/t15-/m0/s1. The molecule has 0 spiro atoms. The first-order chi connectivity index (χ1) is 16.0. The van der Waals surface area contributed by atoms with Crippen LogP contribution in [0.15, 0.2) is 30.5 Å². The molecule has 0 saturated carbocycles. The van der Waals surface area contributed by atoms with E-state index in [9.17, 15) is 0 Å². The summed E-state index contributed by atoms with van der Waals surface area (Å²) in [4.78, 5) is 9.74. The number of benzene rings is 1.